The Morgan fingerprint density at radius 2 is 1.66 bits per heavy atom. The molecule has 3 rings (SSSR count). The minimum Gasteiger partial charge on any atom is -0.455 e. The number of carbonyl (C=O) groups excluding carboxylic acids is 3. The van der Waals surface area contributed by atoms with Crippen LogP contribution in [-0.2, 0) is 20.9 Å². The number of anilines is 1. The van der Waals surface area contributed by atoms with Gasteiger partial charge in [-0.25, -0.2) is 0 Å². The number of amides is 2. The van der Waals surface area contributed by atoms with E-state index in [2.05, 4.69) is 16.7 Å². The first-order valence-corrected chi connectivity index (χ1v) is 11.2. The standard InChI is InChI=1S/C27H28N4O4/c1-18(29-27(34)22-12-8-5-9-13-22)14-25(33)35-17-24(32)30-26-23(15-28)19(2)20(3)31(26)16-21-10-6-4-7-11-21/h4-13,18H,14,16-17H2,1-3H3,(H,29,34)(H,30,32). The number of benzene rings is 2. The molecule has 0 spiro atoms. The molecule has 1 atom stereocenters. The highest BCUT2D eigenvalue weighted by Gasteiger charge is 2.21. The van der Waals surface area contributed by atoms with Crippen molar-refractivity contribution in [2.45, 2.75) is 39.8 Å². The zero-order chi connectivity index (χ0) is 25.4. The highest BCUT2D eigenvalue weighted by Crippen LogP contribution is 2.27. The van der Waals surface area contributed by atoms with Crippen molar-refractivity contribution in [2.75, 3.05) is 11.9 Å². The van der Waals surface area contributed by atoms with Crippen molar-refractivity contribution < 1.29 is 19.1 Å². The van der Waals surface area contributed by atoms with E-state index in [1.54, 1.807) is 31.2 Å². The number of hydrogen-bond donors (Lipinski definition) is 2. The first kappa shape index (κ1) is 25.2. The molecule has 180 valence electrons. The largest absolute Gasteiger partial charge is 0.455 e. The lowest BCUT2D eigenvalue weighted by Crippen LogP contribution is -2.35. The third kappa shape index (κ3) is 6.58. The van der Waals surface area contributed by atoms with Crippen LogP contribution >= 0.6 is 0 Å². The Hall–Kier alpha value is -4.38. The van der Waals surface area contributed by atoms with Crippen LogP contribution in [0.2, 0.25) is 0 Å². The monoisotopic (exact) mass is 472 g/mol. The fraction of sp³-hybridized carbons (Fsp3) is 0.259. The Balaban J connectivity index is 1.58. The van der Waals surface area contributed by atoms with Crippen LogP contribution in [0.3, 0.4) is 0 Å². The van der Waals surface area contributed by atoms with Crippen molar-refractivity contribution in [3.8, 4) is 6.07 Å². The van der Waals surface area contributed by atoms with Gasteiger partial charge in [-0.15, -0.1) is 0 Å². The molecule has 2 aromatic carbocycles. The number of nitriles is 1. The van der Waals surface area contributed by atoms with E-state index in [-0.39, 0.29) is 12.3 Å². The molecule has 8 heteroatoms. The molecule has 3 aromatic rings. The molecule has 0 saturated carbocycles. The normalized spacial score (nSPS) is 11.3. The summed E-state index contributed by atoms with van der Waals surface area (Å²) in [5, 5.41) is 15.1. The van der Waals surface area contributed by atoms with Gasteiger partial charge in [0.1, 0.15) is 11.9 Å². The summed E-state index contributed by atoms with van der Waals surface area (Å²) in [4.78, 5) is 37.0. The number of aromatic nitrogens is 1. The number of ether oxygens (including phenoxy) is 1. The van der Waals surface area contributed by atoms with Gasteiger partial charge in [0.2, 0.25) is 0 Å². The smallest absolute Gasteiger partial charge is 0.308 e. The van der Waals surface area contributed by atoms with Gasteiger partial charge in [-0.05, 0) is 44.0 Å². The van der Waals surface area contributed by atoms with E-state index in [0.29, 0.717) is 23.5 Å². The zero-order valence-corrected chi connectivity index (χ0v) is 20.0. The second kappa shape index (κ2) is 11.7. The van der Waals surface area contributed by atoms with E-state index < -0.39 is 24.5 Å². The van der Waals surface area contributed by atoms with Gasteiger partial charge in [-0.2, -0.15) is 5.26 Å². The third-order valence-corrected chi connectivity index (χ3v) is 5.63. The average molecular weight is 473 g/mol. The van der Waals surface area contributed by atoms with Crippen molar-refractivity contribution in [3.05, 3.63) is 88.6 Å². The predicted octanol–water partition coefficient (Wildman–Crippen LogP) is 3.72. The highest BCUT2D eigenvalue weighted by molar-refractivity contribution is 5.95. The van der Waals surface area contributed by atoms with Gasteiger partial charge in [-0.3, -0.25) is 14.4 Å². The molecule has 0 aliphatic heterocycles. The highest BCUT2D eigenvalue weighted by atomic mass is 16.5. The molecule has 0 radical (unpaired) electrons. The van der Waals surface area contributed by atoms with Crippen molar-refractivity contribution in [2.24, 2.45) is 0 Å². The van der Waals surface area contributed by atoms with Crippen molar-refractivity contribution in [3.63, 3.8) is 0 Å². The van der Waals surface area contributed by atoms with Crippen LogP contribution in [0.15, 0.2) is 60.7 Å². The Kier molecular flexibility index (Phi) is 8.41. The molecule has 35 heavy (non-hydrogen) atoms. The van der Waals surface area contributed by atoms with E-state index >= 15 is 0 Å². The first-order valence-electron chi connectivity index (χ1n) is 11.2. The summed E-state index contributed by atoms with van der Waals surface area (Å²) in [6, 6.07) is 20.0. The van der Waals surface area contributed by atoms with Crippen molar-refractivity contribution >= 4 is 23.6 Å². The van der Waals surface area contributed by atoms with Crippen LogP contribution in [-0.4, -0.2) is 35.0 Å². The number of esters is 1. The van der Waals surface area contributed by atoms with Crippen LogP contribution in [0.4, 0.5) is 5.82 Å². The van der Waals surface area contributed by atoms with E-state index in [9.17, 15) is 19.6 Å². The van der Waals surface area contributed by atoms with Gasteiger partial charge in [0.05, 0.1) is 12.0 Å². The maximum atomic E-state index is 12.6. The maximum absolute atomic E-state index is 12.6. The van der Waals surface area contributed by atoms with Gasteiger partial charge >= 0.3 is 5.97 Å². The van der Waals surface area contributed by atoms with E-state index in [0.717, 1.165) is 16.8 Å². The summed E-state index contributed by atoms with van der Waals surface area (Å²) in [5.74, 6) is -1.09. The molecule has 0 bridgehead atoms. The van der Waals surface area contributed by atoms with Crippen LogP contribution in [0.5, 0.6) is 0 Å². The lowest BCUT2D eigenvalue weighted by atomic mass is 10.2. The summed E-state index contributed by atoms with van der Waals surface area (Å²) >= 11 is 0. The molecule has 0 fully saturated rings. The van der Waals surface area contributed by atoms with Crippen molar-refractivity contribution in [1.82, 2.24) is 9.88 Å². The Morgan fingerprint density at radius 3 is 2.29 bits per heavy atom. The summed E-state index contributed by atoms with van der Waals surface area (Å²) in [7, 11) is 0. The Morgan fingerprint density at radius 1 is 1.03 bits per heavy atom. The molecule has 0 aliphatic carbocycles. The molecule has 0 aliphatic rings. The number of nitrogens with one attached hydrogen (secondary N) is 2. The molecule has 1 unspecified atom stereocenters. The van der Waals surface area contributed by atoms with Gasteiger partial charge in [0, 0.05) is 23.8 Å². The molecular formula is C27H28N4O4. The quantitative estimate of drug-likeness (QED) is 0.461. The number of carbonyl (C=O) groups is 3. The molecule has 2 amide bonds. The maximum Gasteiger partial charge on any atom is 0.308 e. The second-order valence-electron chi connectivity index (χ2n) is 8.27. The average Bonchev–Trinajstić information content (AvgIpc) is 3.07. The lowest BCUT2D eigenvalue weighted by molar-refractivity contribution is -0.147. The fourth-order valence-electron chi connectivity index (χ4n) is 3.66. The zero-order valence-electron chi connectivity index (χ0n) is 20.0. The van der Waals surface area contributed by atoms with E-state index in [4.69, 9.17) is 4.74 Å². The van der Waals surface area contributed by atoms with Crippen LogP contribution < -0.4 is 10.6 Å². The first-order chi connectivity index (χ1) is 16.8. The molecule has 2 N–H and O–H groups in total. The minimum absolute atomic E-state index is 0.0854. The topological polar surface area (TPSA) is 113 Å². The van der Waals surface area contributed by atoms with Gasteiger partial charge in [0.15, 0.2) is 6.61 Å². The number of nitrogens with zero attached hydrogens (tertiary/aromatic N) is 2. The van der Waals surface area contributed by atoms with Gasteiger partial charge in [-0.1, -0.05) is 48.5 Å². The SMILES string of the molecule is Cc1c(C#N)c(NC(=O)COC(=O)CC(C)NC(=O)c2ccccc2)n(Cc2ccccc2)c1C. The summed E-state index contributed by atoms with van der Waals surface area (Å²) < 4.78 is 6.97. The van der Waals surface area contributed by atoms with Crippen molar-refractivity contribution in [1.29, 1.82) is 5.26 Å². The van der Waals surface area contributed by atoms with Crippen LogP contribution in [0, 0.1) is 25.2 Å². The summed E-state index contributed by atoms with van der Waals surface area (Å²) in [5.41, 5.74) is 3.52. The van der Waals surface area contributed by atoms with Crippen LogP contribution in [0.25, 0.3) is 0 Å². The lowest BCUT2D eigenvalue weighted by Gasteiger charge is -2.15. The molecular weight excluding hydrogens is 444 g/mol. The summed E-state index contributed by atoms with van der Waals surface area (Å²) in [6.07, 6.45) is -0.0854. The molecule has 1 heterocycles. The summed E-state index contributed by atoms with van der Waals surface area (Å²) in [6.45, 7) is 5.38. The second-order valence-corrected chi connectivity index (χ2v) is 8.27. The van der Waals surface area contributed by atoms with E-state index in [1.807, 2.05) is 54.8 Å². The predicted molar refractivity (Wildman–Crippen MR) is 132 cm³/mol. The molecule has 1 aromatic heterocycles. The molecule has 0 saturated heterocycles. The number of rotatable bonds is 9. The van der Waals surface area contributed by atoms with Gasteiger partial charge in [0.25, 0.3) is 11.8 Å². The number of hydrogen-bond acceptors (Lipinski definition) is 5. The van der Waals surface area contributed by atoms with Crippen LogP contribution in [0.1, 0.15) is 46.1 Å². The fourth-order valence-corrected chi connectivity index (χ4v) is 3.66. The van der Waals surface area contributed by atoms with E-state index in [1.165, 1.54) is 0 Å². The van der Waals surface area contributed by atoms with Gasteiger partial charge < -0.3 is 19.9 Å². The molecule has 8 nitrogen and oxygen atoms in total. The Bertz CT molecular complexity index is 1240. The third-order valence-electron chi connectivity index (χ3n) is 5.63. The minimum atomic E-state index is -0.617. The Labute approximate surface area is 204 Å².